The topological polar surface area (TPSA) is 74.3 Å². The zero-order valence-electron chi connectivity index (χ0n) is 13.5. The molecule has 1 aromatic rings. The molecule has 0 saturated heterocycles. The Morgan fingerprint density at radius 3 is 2.43 bits per heavy atom. The zero-order valence-corrected chi connectivity index (χ0v) is 13.5. The quantitative estimate of drug-likeness (QED) is 0.882. The fourth-order valence-electron chi connectivity index (χ4n) is 1.66. The molecule has 0 radical (unpaired) electrons. The molecule has 0 aliphatic rings. The summed E-state index contributed by atoms with van der Waals surface area (Å²) < 4.78 is 0. The van der Waals surface area contributed by atoms with Crippen LogP contribution in [0.2, 0.25) is 0 Å². The van der Waals surface area contributed by atoms with Crippen LogP contribution in [0.3, 0.4) is 0 Å². The summed E-state index contributed by atoms with van der Waals surface area (Å²) in [4.78, 5) is 29.4. The standard InChI is InChI=1S/C15H24N4O2/c1-10(13(20)18-15(2,3)4)17-11-7-8-16-12(9-11)14(21)19(5)6/h7-10H,1-6H3,(H,16,17)(H,18,20). The van der Waals surface area contributed by atoms with E-state index < -0.39 is 6.04 Å². The van der Waals surface area contributed by atoms with Gasteiger partial charge in [0, 0.05) is 31.5 Å². The molecule has 2 N–H and O–H groups in total. The number of nitrogens with zero attached hydrogens (tertiary/aromatic N) is 2. The molecule has 1 aromatic heterocycles. The largest absolute Gasteiger partial charge is 0.374 e. The average molecular weight is 292 g/mol. The van der Waals surface area contributed by atoms with Crippen molar-refractivity contribution in [1.82, 2.24) is 15.2 Å². The molecule has 6 heteroatoms. The number of nitrogens with one attached hydrogen (secondary N) is 2. The second-order valence-electron chi connectivity index (χ2n) is 6.23. The van der Waals surface area contributed by atoms with Crippen LogP contribution in [0, 0.1) is 0 Å². The molecule has 21 heavy (non-hydrogen) atoms. The Labute approximate surface area is 125 Å². The molecule has 6 nitrogen and oxygen atoms in total. The summed E-state index contributed by atoms with van der Waals surface area (Å²) in [6.45, 7) is 7.56. The number of rotatable bonds is 4. The van der Waals surface area contributed by atoms with Crippen LogP contribution in [-0.4, -0.2) is 47.4 Å². The van der Waals surface area contributed by atoms with E-state index in [-0.39, 0.29) is 17.4 Å². The lowest BCUT2D eigenvalue weighted by Gasteiger charge is -2.24. The van der Waals surface area contributed by atoms with Gasteiger partial charge in [0.25, 0.3) is 5.91 Å². The van der Waals surface area contributed by atoms with Crippen molar-refractivity contribution in [1.29, 1.82) is 0 Å². The second-order valence-corrected chi connectivity index (χ2v) is 6.23. The maximum atomic E-state index is 12.0. The van der Waals surface area contributed by atoms with Crippen LogP contribution in [0.5, 0.6) is 0 Å². The molecule has 0 fully saturated rings. The van der Waals surface area contributed by atoms with Crippen molar-refractivity contribution in [2.24, 2.45) is 0 Å². The van der Waals surface area contributed by atoms with Crippen LogP contribution in [0.15, 0.2) is 18.3 Å². The SMILES string of the molecule is CC(Nc1ccnc(C(=O)N(C)C)c1)C(=O)NC(C)(C)C. The van der Waals surface area contributed by atoms with Gasteiger partial charge in [-0.25, -0.2) is 0 Å². The third-order valence-electron chi connectivity index (χ3n) is 2.66. The molecule has 0 aromatic carbocycles. The highest BCUT2D eigenvalue weighted by Gasteiger charge is 2.19. The van der Waals surface area contributed by atoms with Crippen molar-refractivity contribution in [2.75, 3.05) is 19.4 Å². The Morgan fingerprint density at radius 2 is 1.90 bits per heavy atom. The first kappa shape index (κ1) is 16.9. The van der Waals surface area contributed by atoms with Gasteiger partial charge in [-0.1, -0.05) is 0 Å². The molecule has 1 atom stereocenters. The van der Waals surface area contributed by atoms with Crippen molar-refractivity contribution >= 4 is 17.5 Å². The predicted octanol–water partition coefficient (Wildman–Crippen LogP) is 1.50. The minimum atomic E-state index is -0.408. The van der Waals surface area contributed by atoms with Crippen LogP contribution in [0.25, 0.3) is 0 Å². The lowest BCUT2D eigenvalue weighted by molar-refractivity contribution is -0.122. The van der Waals surface area contributed by atoms with Gasteiger partial charge in [0.2, 0.25) is 5.91 Å². The zero-order chi connectivity index (χ0) is 16.2. The van der Waals surface area contributed by atoms with Gasteiger partial charge in [0.15, 0.2) is 0 Å². The summed E-state index contributed by atoms with van der Waals surface area (Å²) in [5, 5.41) is 5.98. The average Bonchev–Trinajstić information content (AvgIpc) is 2.36. The molecule has 0 spiro atoms. The van der Waals surface area contributed by atoms with E-state index in [9.17, 15) is 9.59 Å². The number of hydrogen-bond acceptors (Lipinski definition) is 4. The first-order valence-corrected chi connectivity index (χ1v) is 6.86. The van der Waals surface area contributed by atoms with E-state index in [1.54, 1.807) is 39.3 Å². The highest BCUT2D eigenvalue weighted by molar-refractivity contribution is 5.93. The smallest absolute Gasteiger partial charge is 0.272 e. The lowest BCUT2D eigenvalue weighted by Crippen LogP contribution is -2.47. The van der Waals surface area contributed by atoms with Crippen molar-refractivity contribution in [3.05, 3.63) is 24.0 Å². The maximum Gasteiger partial charge on any atom is 0.272 e. The number of anilines is 1. The van der Waals surface area contributed by atoms with Crippen molar-refractivity contribution in [3.8, 4) is 0 Å². The van der Waals surface area contributed by atoms with E-state index in [4.69, 9.17) is 0 Å². The summed E-state index contributed by atoms with van der Waals surface area (Å²) in [6, 6.07) is 2.96. The van der Waals surface area contributed by atoms with Gasteiger partial charge in [-0.3, -0.25) is 14.6 Å². The van der Waals surface area contributed by atoms with Crippen LogP contribution in [0.4, 0.5) is 5.69 Å². The first-order chi connectivity index (χ1) is 9.60. The Hall–Kier alpha value is -2.11. The summed E-state index contributed by atoms with van der Waals surface area (Å²) >= 11 is 0. The highest BCUT2D eigenvalue weighted by Crippen LogP contribution is 2.11. The monoisotopic (exact) mass is 292 g/mol. The number of amides is 2. The Kier molecular flexibility index (Phi) is 5.29. The minimum Gasteiger partial charge on any atom is -0.374 e. The molecule has 1 unspecified atom stereocenters. The van der Waals surface area contributed by atoms with Crippen LogP contribution in [0.1, 0.15) is 38.2 Å². The van der Waals surface area contributed by atoms with E-state index >= 15 is 0 Å². The van der Waals surface area contributed by atoms with Gasteiger partial charge in [-0.2, -0.15) is 0 Å². The van der Waals surface area contributed by atoms with Crippen LogP contribution in [-0.2, 0) is 4.79 Å². The van der Waals surface area contributed by atoms with E-state index in [1.165, 1.54) is 4.90 Å². The van der Waals surface area contributed by atoms with Crippen molar-refractivity contribution < 1.29 is 9.59 Å². The molecule has 2 amide bonds. The van der Waals surface area contributed by atoms with Gasteiger partial charge in [-0.05, 0) is 39.8 Å². The molecule has 0 bridgehead atoms. The van der Waals surface area contributed by atoms with Gasteiger partial charge in [0.1, 0.15) is 11.7 Å². The molecule has 0 aliphatic carbocycles. The van der Waals surface area contributed by atoms with Gasteiger partial charge < -0.3 is 15.5 Å². The maximum absolute atomic E-state index is 12.0. The minimum absolute atomic E-state index is 0.0974. The Bertz CT molecular complexity index is 521. The molecule has 1 heterocycles. The van der Waals surface area contributed by atoms with Crippen molar-refractivity contribution in [2.45, 2.75) is 39.3 Å². The number of aromatic nitrogens is 1. The number of carbonyl (C=O) groups excluding carboxylic acids is 2. The second kappa shape index (κ2) is 6.56. The van der Waals surface area contributed by atoms with Gasteiger partial charge >= 0.3 is 0 Å². The molecule has 0 saturated carbocycles. The Morgan fingerprint density at radius 1 is 1.29 bits per heavy atom. The third-order valence-corrected chi connectivity index (χ3v) is 2.66. The fourth-order valence-corrected chi connectivity index (χ4v) is 1.66. The summed E-state index contributed by atoms with van der Waals surface area (Å²) in [7, 11) is 3.34. The van der Waals surface area contributed by atoms with Gasteiger partial charge in [-0.15, -0.1) is 0 Å². The third kappa shape index (κ3) is 5.41. The molecule has 116 valence electrons. The molecular weight excluding hydrogens is 268 g/mol. The van der Waals surface area contributed by atoms with Crippen molar-refractivity contribution in [3.63, 3.8) is 0 Å². The summed E-state index contributed by atoms with van der Waals surface area (Å²) in [5.74, 6) is -0.273. The molecular formula is C15H24N4O2. The van der Waals surface area contributed by atoms with E-state index in [0.717, 1.165) is 0 Å². The van der Waals surface area contributed by atoms with E-state index in [1.807, 2.05) is 20.8 Å². The number of carbonyl (C=O) groups is 2. The van der Waals surface area contributed by atoms with E-state index in [2.05, 4.69) is 15.6 Å². The highest BCUT2D eigenvalue weighted by atomic mass is 16.2. The Balaban J connectivity index is 2.77. The van der Waals surface area contributed by atoms with E-state index in [0.29, 0.717) is 11.4 Å². The number of hydrogen-bond donors (Lipinski definition) is 2. The normalized spacial score (nSPS) is 12.5. The lowest BCUT2D eigenvalue weighted by atomic mass is 10.1. The first-order valence-electron chi connectivity index (χ1n) is 6.86. The molecule has 0 aliphatic heterocycles. The van der Waals surface area contributed by atoms with Crippen LogP contribution < -0.4 is 10.6 Å². The fraction of sp³-hybridized carbons (Fsp3) is 0.533. The van der Waals surface area contributed by atoms with Crippen LogP contribution >= 0.6 is 0 Å². The summed E-state index contributed by atoms with van der Waals surface area (Å²) in [6.07, 6.45) is 1.55. The van der Waals surface area contributed by atoms with Gasteiger partial charge in [0.05, 0.1) is 0 Å². The molecule has 1 rings (SSSR count). The predicted molar refractivity (Wildman–Crippen MR) is 83.2 cm³/mol. The summed E-state index contributed by atoms with van der Waals surface area (Å²) in [5.41, 5.74) is 0.748. The number of pyridine rings is 1.